The Hall–Kier alpha value is -3.77. The van der Waals surface area contributed by atoms with E-state index >= 15 is 0 Å². The van der Waals surface area contributed by atoms with Crippen LogP contribution < -0.4 is 19.8 Å². The van der Waals surface area contributed by atoms with Crippen LogP contribution in [0.5, 0.6) is 17.2 Å². The van der Waals surface area contributed by atoms with E-state index in [1.807, 2.05) is 66.7 Å². The first kappa shape index (κ1) is 18.0. The van der Waals surface area contributed by atoms with Gasteiger partial charge in [0.2, 0.25) is 6.79 Å². The molecule has 154 valence electrons. The Morgan fingerprint density at radius 1 is 0.839 bits per heavy atom. The van der Waals surface area contributed by atoms with E-state index in [0.717, 1.165) is 39.3 Å². The molecule has 2 aliphatic rings. The second-order valence-corrected chi connectivity index (χ2v) is 7.72. The van der Waals surface area contributed by atoms with E-state index in [1.165, 1.54) is 0 Å². The van der Waals surface area contributed by atoms with Crippen LogP contribution in [-0.4, -0.2) is 18.4 Å². The molecule has 3 heterocycles. The maximum absolute atomic E-state index is 12.8. The monoisotopic (exact) mass is 413 g/mol. The van der Waals surface area contributed by atoms with Crippen molar-refractivity contribution in [1.82, 2.24) is 4.90 Å². The van der Waals surface area contributed by atoms with Gasteiger partial charge < -0.3 is 18.6 Å². The van der Waals surface area contributed by atoms with Gasteiger partial charge in [-0.1, -0.05) is 36.4 Å². The Morgan fingerprint density at radius 3 is 2.58 bits per heavy atom. The van der Waals surface area contributed by atoms with Gasteiger partial charge in [-0.05, 0) is 41.5 Å². The Bertz CT molecular complexity index is 1350. The maximum Gasteiger partial charge on any atom is 0.344 e. The summed E-state index contributed by atoms with van der Waals surface area (Å²) in [6.45, 7) is 2.02. The zero-order chi connectivity index (χ0) is 20.8. The van der Waals surface area contributed by atoms with Gasteiger partial charge in [-0.15, -0.1) is 0 Å². The smallest absolute Gasteiger partial charge is 0.344 e. The lowest BCUT2D eigenvalue weighted by atomic mass is 10.0. The molecule has 0 bridgehead atoms. The summed E-state index contributed by atoms with van der Waals surface area (Å²) in [5.41, 5.74) is 3.63. The van der Waals surface area contributed by atoms with E-state index in [2.05, 4.69) is 4.90 Å². The van der Waals surface area contributed by atoms with Crippen molar-refractivity contribution >= 4 is 11.0 Å². The molecular weight excluding hydrogens is 394 g/mol. The molecule has 6 heteroatoms. The average molecular weight is 413 g/mol. The van der Waals surface area contributed by atoms with Crippen molar-refractivity contribution in [2.75, 3.05) is 13.5 Å². The molecule has 2 aliphatic heterocycles. The second-order valence-electron chi connectivity index (χ2n) is 7.72. The van der Waals surface area contributed by atoms with Crippen molar-refractivity contribution in [1.29, 1.82) is 0 Å². The van der Waals surface area contributed by atoms with Crippen molar-refractivity contribution in [3.8, 4) is 28.4 Å². The molecule has 0 atom stereocenters. The van der Waals surface area contributed by atoms with Gasteiger partial charge in [0.05, 0.1) is 11.1 Å². The van der Waals surface area contributed by atoms with Crippen LogP contribution in [-0.2, 0) is 13.1 Å². The number of nitrogens with zero attached hydrogens (tertiary/aromatic N) is 1. The minimum absolute atomic E-state index is 0.259. The standard InChI is InChI=1S/C25H19NO5/c27-25-19(17-4-2-1-3-5-17)11-18-7-9-21-20(24(18)31-25)13-26(14-28-21)12-16-6-8-22-23(10-16)30-15-29-22/h1-11H,12-15H2. The summed E-state index contributed by atoms with van der Waals surface area (Å²) in [4.78, 5) is 14.9. The number of benzene rings is 3. The highest BCUT2D eigenvalue weighted by molar-refractivity contribution is 5.86. The van der Waals surface area contributed by atoms with E-state index in [0.29, 0.717) is 31.0 Å². The number of hydrogen-bond donors (Lipinski definition) is 0. The number of fused-ring (bicyclic) bond motifs is 4. The largest absolute Gasteiger partial charge is 0.478 e. The van der Waals surface area contributed by atoms with Crippen molar-refractivity contribution in [3.05, 3.63) is 88.3 Å². The van der Waals surface area contributed by atoms with Crippen LogP contribution in [0.1, 0.15) is 11.1 Å². The summed E-state index contributed by atoms with van der Waals surface area (Å²) in [5, 5.41) is 0.880. The molecule has 0 saturated carbocycles. The van der Waals surface area contributed by atoms with E-state index < -0.39 is 0 Å². The topological polar surface area (TPSA) is 61.1 Å². The van der Waals surface area contributed by atoms with Gasteiger partial charge in [-0.3, -0.25) is 4.90 Å². The second kappa shape index (κ2) is 7.18. The van der Waals surface area contributed by atoms with Crippen LogP contribution in [0.4, 0.5) is 0 Å². The van der Waals surface area contributed by atoms with Gasteiger partial charge in [0.25, 0.3) is 0 Å². The Balaban J connectivity index is 1.33. The number of rotatable bonds is 3. The number of hydrogen-bond acceptors (Lipinski definition) is 6. The third kappa shape index (κ3) is 3.21. The molecule has 0 amide bonds. The highest BCUT2D eigenvalue weighted by Crippen LogP contribution is 2.35. The summed E-state index contributed by atoms with van der Waals surface area (Å²) in [7, 11) is 0. The van der Waals surface area contributed by atoms with E-state index in [4.69, 9.17) is 18.6 Å². The lowest BCUT2D eigenvalue weighted by molar-refractivity contribution is 0.0889. The van der Waals surface area contributed by atoms with Crippen LogP contribution in [0.25, 0.3) is 22.1 Å². The van der Waals surface area contributed by atoms with E-state index in [1.54, 1.807) is 0 Å². The van der Waals surface area contributed by atoms with Gasteiger partial charge in [0.15, 0.2) is 11.5 Å². The molecule has 4 aromatic rings. The van der Waals surface area contributed by atoms with Gasteiger partial charge in [-0.25, -0.2) is 4.79 Å². The summed E-state index contributed by atoms with van der Waals surface area (Å²) < 4.78 is 22.6. The summed E-state index contributed by atoms with van der Waals surface area (Å²) >= 11 is 0. The quantitative estimate of drug-likeness (QED) is 0.460. The van der Waals surface area contributed by atoms with Gasteiger partial charge >= 0.3 is 5.63 Å². The van der Waals surface area contributed by atoms with Crippen molar-refractivity contribution in [2.24, 2.45) is 0 Å². The summed E-state index contributed by atoms with van der Waals surface area (Å²) in [6, 6.07) is 21.3. The highest BCUT2D eigenvalue weighted by atomic mass is 16.7. The van der Waals surface area contributed by atoms with Crippen LogP contribution in [0.2, 0.25) is 0 Å². The predicted octanol–water partition coefficient (Wildman–Crippen LogP) is 4.54. The Morgan fingerprint density at radius 2 is 1.68 bits per heavy atom. The first-order valence-electron chi connectivity index (χ1n) is 10.1. The first-order chi connectivity index (χ1) is 15.2. The maximum atomic E-state index is 12.8. The third-order valence-corrected chi connectivity index (χ3v) is 5.67. The van der Waals surface area contributed by atoms with Crippen molar-refractivity contribution in [2.45, 2.75) is 13.1 Å². The molecule has 0 unspecified atom stereocenters. The first-order valence-corrected chi connectivity index (χ1v) is 10.1. The molecule has 0 saturated heterocycles. The van der Waals surface area contributed by atoms with Crippen LogP contribution >= 0.6 is 0 Å². The molecule has 1 aromatic heterocycles. The molecule has 0 radical (unpaired) electrons. The SMILES string of the molecule is O=c1oc2c3c(ccc2cc1-c1ccccc1)OCN(Cc1ccc2c(c1)OCO2)C3. The van der Waals surface area contributed by atoms with Crippen LogP contribution in [0.3, 0.4) is 0 Å². The van der Waals surface area contributed by atoms with Gasteiger partial charge in [-0.2, -0.15) is 0 Å². The zero-order valence-corrected chi connectivity index (χ0v) is 16.7. The average Bonchev–Trinajstić information content (AvgIpc) is 3.27. The minimum Gasteiger partial charge on any atom is -0.478 e. The molecule has 0 N–H and O–H groups in total. The molecule has 0 fully saturated rings. The van der Waals surface area contributed by atoms with E-state index in [-0.39, 0.29) is 12.4 Å². The zero-order valence-electron chi connectivity index (χ0n) is 16.7. The Labute approximate surface area is 178 Å². The van der Waals surface area contributed by atoms with Gasteiger partial charge in [0.1, 0.15) is 18.1 Å². The summed E-state index contributed by atoms with van der Waals surface area (Å²) in [5.74, 6) is 2.29. The fourth-order valence-electron chi connectivity index (χ4n) is 4.16. The summed E-state index contributed by atoms with van der Waals surface area (Å²) in [6.07, 6.45) is 0. The van der Waals surface area contributed by atoms with E-state index in [9.17, 15) is 4.79 Å². The van der Waals surface area contributed by atoms with Crippen molar-refractivity contribution < 1.29 is 18.6 Å². The molecule has 0 spiro atoms. The number of ether oxygens (including phenoxy) is 3. The Kier molecular flexibility index (Phi) is 4.18. The van der Waals surface area contributed by atoms with Crippen LogP contribution in [0.15, 0.2) is 75.9 Å². The molecular formula is C25H19NO5. The molecule has 6 nitrogen and oxygen atoms in total. The van der Waals surface area contributed by atoms with Crippen LogP contribution in [0, 0.1) is 0 Å². The van der Waals surface area contributed by atoms with Gasteiger partial charge in [0, 0.05) is 18.5 Å². The normalized spacial score (nSPS) is 15.0. The lowest BCUT2D eigenvalue weighted by Gasteiger charge is -2.29. The molecule has 31 heavy (non-hydrogen) atoms. The molecule has 3 aromatic carbocycles. The third-order valence-electron chi connectivity index (χ3n) is 5.67. The predicted molar refractivity (Wildman–Crippen MR) is 115 cm³/mol. The minimum atomic E-state index is -0.347. The fourth-order valence-corrected chi connectivity index (χ4v) is 4.16. The molecule has 0 aliphatic carbocycles. The highest BCUT2D eigenvalue weighted by Gasteiger charge is 2.23. The van der Waals surface area contributed by atoms with Crippen molar-refractivity contribution in [3.63, 3.8) is 0 Å². The lowest BCUT2D eigenvalue weighted by Crippen LogP contribution is -2.31. The fraction of sp³-hybridized carbons (Fsp3) is 0.160. The molecule has 6 rings (SSSR count).